The van der Waals surface area contributed by atoms with E-state index in [-0.39, 0.29) is 5.97 Å². The second kappa shape index (κ2) is 13.2. The Kier molecular flexibility index (Phi) is 15.5. The molecule has 12 heavy (non-hydrogen) atoms. The van der Waals surface area contributed by atoms with Crippen LogP contribution in [-0.2, 0) is 14.1 Å². The smallest absolute Gasteiger partial charge is 0.310 e. The summed E-state index contributed by atoms with van der Waals surface area (Å²) >= 11 is 0. The lowest BCUT2D eigenvalue weighted by molar-refractivity contribution is -0.141. The van der Waals surface area contributed by atoms with Crippen LogP contribution in [0.15, 0.2) is 0 Å². The van der Waals surface area contributed by atoms with Crippen LogP contribution in [0.2, 0.25) is 0 Å². The summed E-state index contributed by atoms with van der Waals surface area (Å²) in [4.78, 5) is 10.3. The maximum absolute atomic E-state index is 10.3. The summed E-state index contributed by atoms with van der Waals surface area (Å²) in [5.41, 5.74) is 0. The minimum atomic E-state index is -0.170. The van der Waals surface area contributed by atoms with E-state index in [1.54, 1.807) is 0 Å². The molecule has 0 bridgehead atoms. The summed E-state index contributed by atoms with van der Waals surface area (Å²) in [6.07, 6.45) is 4.64. The summed E-state index contributed by atoms with van der Waals surface area (Å²) in [7, 11) is 1.17. The fourth-order valence-corrected chi connectivity index (χ4v) is 0.745. The summed E-state index contributed by atoms with van der Waals surface area (Å²) in [6, 6.07) is 0. The highest BCUT2D eigenvalue weighted by atomic mass is 31.0. The van der Waals surface area contributed by atoms with Gasteiger partial charge in [0.25, 0.3) is 0 Å². The van der Waals surface area contributed by atoms with Gasteiger partial charge in [0.2, 0.25) is 0 Å². The lowest BCUT2D eigenvalue weighted by atomic mass is 10.2. The van der Waals surface area contributed by atoms with Crippen LogP contribution in [0.1, 0.15) is 39.5 Å². The van der Waals surface area contributed by atoms with Gasteiger partial charge >= 0.3 is 15.1 Å². The maximum Gasteiger partial charge on any atom is 0.310 e. The van der Waals surface area contributed by atoms with Gasteiger partial charge in [-0.15, -0.1) is 0 Å². The largest absolute Gasteiger partial charge is 0.466 e. The molecule has 3 nitrogen and oxygen atoms in total. The lowest BCUT2D eigenvalue weighted by Gasteiger charge is -1.99. The van der Waals surface area contributed by atoms with Crippen molar-refractivity contribution in [1.82, 2.24) is 0 Å². The SMILES string of the molecule is CCCCCCOC(C)=O.O=[PH2+]. The summed E-state index contributed by atoms with van der Waals surface area (Å²) in [5.74, 6) is -0.170. The minimum absolute atomic E-state index is 0.170. The van der Waals surface area contributed by atoms with E-state index in [1.165, 1.54) is 35.3 Å². The van der Waals surface area contributed by atoms with Gasteiger partial charge < -0.3 is 4.74 Å². The Morgan fingerprint density at radius 3 is 2.25 bits per heavy atom. The third-order valence-corrected chi connectivity index (χ3v) is 1.30. The van der Waals surface area contributed by atoms with Gasteiger partial charge in [-0.3, -0.25) is 4.79 Å². The third kappa shape index (κ3) is 16.3. The van der Waals surface area contributed by atoms with Gasteiger partial charge in [0.15, 0.2) is 0 Å². The Morgan fingerprint density at radius 2 is 1.83 bits per heavy atom. The predicted molar refractivity (Wildman–Crippen MR) is 51.2 cm³/mol. The molecular formula is C8H18O3P+. The van der Waals surface area contributed by atoms with Crippen LogP contribution in [0.25, 0.3) is 0 Å². The zero-order chi connectivity index (χ0) is 9.82. The van der Waals surface area contributed by atoms with Crippen molar-refractivity contribution in [2.75, 3.05) is 6.61 Å². The van der Waals surface area contributed by atoms with Crippen LogP contribution in [0.3, 0.4) is 0 Å². The van der Waals surface area contributed by atoms with Gasteiger partial charge in [0, 0.05) is 6.92 Å². The quantitative estimate of drug-likeness (QED) is 0.382. The number of rotatable bonds is 5. The number of esters is 1. The van der Waals surface area contributed by atoms with Crippen molar-refractivity contribution < 1.29 is 14.1 Å². The zero-order valence-electron chi connectivity index (χ0n) is 7.84. The van der Waals surface area contributed by atoms with E-state index in [9.17, 15) is 4.79 Å². The Hall–Kier alpha value is -0.430. The monoisotopic (exact) mass is 193 g/mol. The number of hydrogen-bond acceptors (Lipinski definition) is 3. The fraction of sp³-hybridized carbons (Fsp3) is 0.875. The molecule has 0 aromatic heterocycles. The molecule has 0 rings (SSSR count). The van der Waals surface area contributed by atoms with Crippen LogP contribution in [-0.4, -0.2) is 12.6 Å². The molecule has 0 fully saturated rings. The Bertz CT molecular complexity index is 106. The molecule has 0 spiro atoms. The molecule has 0 aliphatic carbocycles. The molecule has 0 radical (unpaired) electrons. The average Bonchev–Trinajstić information content (AvgIpc) is 2.07. The molecule has 4 heteroatoms. The van der Waals surface area contributed by atoms with Crippen molar-refractivity contribution >= 4 is 15.1 Å². The molecule has 0 aromatic carbocycles. The van der Waals surface area contributed by atoms with E-state index >= 15 is 0 Å². The van der Waals surface area contributed by atoms with Crippen molar-refractivity contribution in [3.63, 3.8) is 0 Å². The van der Waals surface area contributed by atoms with Crippen molar-refractivity contribution in [3.05, 3.63) is 0 Å². The van der Waals surface area contributed by atoms with Gasteiger partial charge in [0.05, 0.1) is 6.61 Å². The molecule has 0 heterocycles. The Morgan fingerprint density at radius 1 is 1.25 bits per heavy atom. The van der Waals surface area contributed by atoms with E-state index in [0.717, 1.165) is 6.42 Å². The van der Waals surface area contributed by atoms with Crippen molar-refractivity contribution in [3.8, 4) is 0 Å². The van der Waals surface area contributed by atoms with Crippen molar-refractivity contribution in [1.29, 1.82) is 0 Å². The molecule has 0 saturated carbocycles. The van der Waals surface area contributed by atoms with Gasteiger partial charge in [-0.25, -0.2) is 0 Å². The highest BCUT2D eigenvalue weighted by Crippen LogP contribution is 1.98. The average molecular weight is 193 g/mol. The van der Waals surface area contributed by atoms with Gasteiger partial charge in [-0.2, -0.15) is 0 Å². The second-order valence-electron chi connectivity index (χ2n) is 2.40. The first-order valence-electron chi connectivity index (χ1n) is 4.14. The molecule has 0 aliphatic heterocycles. The third-order valence-electron chi connectivity index (χ3n) is 1.30. The maximum atomic E-state index is 10.3. The molecule has 72 valence electrons. The number of carbonyl (C=O) groups excluding carboxylic acids is 1. The molecule has 1 unspecified atom stereocenters. The normalized spacial score (nSPS) is 8.17. The summed E-state index contributed by atoms with van der Waals surface area (Å²) < 4.78 is 12.9. The van der Waals surface area contributed by atoms with E-state index in [4.69, 9.17) is 9.30 Å². The highest BCUT2D eigenvalue weighted by molar-refractivity contribution is 7.00. The Labute approximate surface area is 76.1 Å². The first-order valence-corrected chi connectivity index (χ1v) is 4.61. The van der Waals surface area contributed by atoms with Crippen LogP contribution >= 0.6 is 9.12 Å². The van der Waals surface area contributed by atoms with E-state index in [1.807, 2.05) is 0 Å². The van der Waals surface area contributed by atoms with Crippen LogP contribution in [0.5, 0.6) is 0 Å². The first kappa shape index (κ1) is 14.1. The second-order valence-corrected chi connectivity index (χ2v) is 2.40. The molecule has 1 atom stereocenters. The zero-order valence-corrected chi connectivity index (χ0v) is 8.99. The Balaban J connectivity index is 0. The lowest BCUT2D eigenvalue weighted by Crippen LogP contribution is -1.99. The van der Waals surface area contributed by atoms with Crippen LogP contribution in [0.4, 0.5) is 0 Å². The van der Waals surface area contributed by atoms with Crippen LogP contribution in [0, 0.1) is 0 Å². The minimum Gasteiger partial charge on any atom is -0.466 e. The molecule has 0 saturated heterocycles. The molecule has 0 aliphatic rings. The number of carbonyl (C=O) groups is 1. The fourth-order valence-electron chi connectivity index (χ4n) is 0.745. The van der Waals surface area contributed by atoms with E-state index in [2.05, 4.69) is 6.92 Å². The summed E-state index contributed by atoms with van der Waals surface area (Å²) in [6.45, 7) is 4.20. The van der Waals surface area contributed by atoms with Crippen LogP contribution < -0.4 is 0 Å². The van der Waals surface area contributed by atoms with Gasteiger partial charge in [-0.05, 0) is 6.42 Å². The topological polar surface area (TPSA) is 43.4 Å². The van der Waals surface area contributed by atoms with Crippen molar-refractivity contribution in [2.24, 2.45) is 0 Å². The van der Waals surface area contributed by atoms with E-state index < -0.39 is 0 Å². The first-order chi connectivity index (χ1) is 5.77. The highest BCUT2D eigenvalue weighted by Gasteiger charge is 1.91. The van der Waals surface area contributed by atoms with Gasteiger partial charge in [-0.1, -0.05) is 30.8 Å². The number of unbranched alkanes of at least 4 members (excludes halogenated alkanes) is 3. The number of ether oxygens (including phenoxy) is 1. The number of hydrogen-bond donors (Lipinski definition) is 0. The predicted octanol–water partition coefficient (Wildman–Crippen LogP) is 2.34. The van der Waals surface area contributed by atoms with Crippen molar-refractivity contribution in [2.45, 2.75) is 39.5 Å². The molecule has 0 N–H and O–H groups in total. The van der Waals surface area contributed by atoms with Gasteiger partial charge in [0.1, 0.15) is 0 Å². The molecular weight excluding hydrogens is 175 g/mol. The summed E-state index contributed by atoms with van der Waals surface area (Å²) in [5, 5.41) is 0. The molecule has 0 aromatic rings. The van der Waals surface area contributed by atoms with E-state index in [0.29, 0.717) is 6.61 Å². The standard InChI is InChI=1S/C8H16O2.H2OP/c1-3-4-5-6-7-10-8(2)9;1-2/h3-7H2,1-2H3;2H2/q;+1. The molecule has 0 amide bonds.